The van der Waals surface area contributed by atoms with E-state index in [2.05, 4.69) is 19.2 Å². The van der Waals surface area contributed by atoms with Crippen LogP contribution in [0.1, 0.15) is 50.2 Å². The topological polar surface area (TPSA) is 12.0 Å². The Morgan fingerprint density at radius 1 is 1.37 bits per heavy atom. The van der Waals surface area contributed by atoms with Crippen molar-refractivity contribution in [3.05, 3.63) is 35.1 Å². The van der Waals surface area contributed by atoms with Gasteiger partial charge in [-0.05, 0) is 74.2 Å². The normalized spacial score (nSPS) is 26.4. The molecule has 0 aromatic heterocycles. The van der Waals surface area contributed by atoms with Crippen LogP contribution in [0.15, 0.2) is 18.2 Å². The second-order valence-corrected chi connectivity index (χ2v) is 6.84. The fourth-order valence-corrected chi connectivity index (χ4v) is 3.44. The third-order valence-corrected chi connectivity index (χ3v) is 4.61. The highest BCUT2D eigenvalue weighted by atomic mass is 19.1. The van der Waals surface area contributed by atoms with Crippen molar-refractivity contribution >= 4 is 0 Å². The quantitative estimate of drug-likeness (QED) is 0.859. The zero-order valence-electron chi connectivity index (χ0n) is 12.6. The van der Waals surface area contributed by atoms with Crippen LogP contribution in [0.2, 0.25) is 0 Å². The molecular weight excluding hydrogens is 237 g/mol. The van der Waals surface area contributed by atoms with E-state index in [1.54, 1.807) is 6.07 Å². The lowest BCUT2D eigenvalue weighted by Gasteiger charge is -2.41. The Bertz CT molecular complexity index is 439. The number of hydrogen-bond acceptors (Lipinski definition) is 1. The molecule has 0 aliphatic heterocycles. The van der Waals surface area contributed by atoms with Gasteiger partial charge in [0.1, 0.15) is 5.82 Å². The lowest BCUT2D eigenvalue weighted by molar-refractivity contribution is 0.161. The first kappa shape index (κ1) is 14.5. The third-order valence-electron chi connectivity index (χ3n) is 4.61. The molecule has 1 nitrogen and oxygen atoms in total. The molecule has 0 heterocycles. The maximum absolute atomic E-state index is 13.5. The van der Waals surface area contributed by atoms with Gasteiger partial charge in [-0.15, -0.1) is 0 Å². The van der Waals surface area contributed by atoms with Crippen molar-refractivity contribution < 1.29 is 4.39 Å². The highest BCUT2D eigenvalue weighted by Crippen LogP contribution is 2.46. The predicted molar refractivity (Wildman–Crippen MR) is 78.9 cm³/mol. The number of nitrogens with one attached hydrogen (secondary N) is 1. The van der Waals surface area contributed by atoms with Gasteiger partial charge in [0.2, 0.25) is 0 Å². The van der Waals surface area contributed by atoms with Crippen molar-refractivity contribution in [2.75, 3.05) is 13.6 Å². The minimum atomic E-state index is -0.0935. The molecule has 1 aliphatic carbocycles. The zero-order valence-corrected chi connectivity index (χ0v) is 12.6. The molecule has 19 heavy (non-hydrogen) atoms. The van der Waals surface area contributed by atoms with Crippen LogP contribution in [0, 0.1) is 24.1 Å². The minimum absolute atomic E-state index is 0.0935. The Morgan fingerprint density at radius 3 is 2.74 bits per heavy atom. The Kier molecular flexibility index (Phi) is 4.29. The summed E-state index contributed by atoms with van der Waals surface area (Å²) in [4.78, 5) is 0. The van der Waals surface area contributed by atoms with E-state index in [4.69, 9.17) is 0 Å². The number of halogens is 1. The Hall–Kier alpha value is -0.890. The lowest BCUT2D eigenvalue weighted by Crippen LogP contribution is -2.33. The minimum Gasteiger partial charge on any atom is -0.319 e. The Morgan fingerprint density at radius 2 is 2.11 bits per heavy atom. The second-order valence-electron chi connectivity index (χ2n) is 6.84. The summed E-state index contributed by atoms with van der Waals surface area (Å²) >= 11 is 0. The molecule has 1 saturated carbocycles. The molecule has 2 unspecified atom stereocenters. The molecule has 1 aliphatic rings. The summed E-state index contributed by atoms with van der Waals surface area (Å²) < 4.78 is 13.5. The number of rotatable bonds is 3. The van der Waals surface area contributed by atoms with Gasteiger partial charge >= 0.3 is 0 Å². The molecule has 0 radical (unpaired) electrons. The van der Waals surface area contributed by atoms with Gasteiger partial charge in [0, 0.05) is 0 Å². The summed E-state index contributed by atoms with van der Waals surface area (Å²) in [6.45, 7) is 7.62. The summed E-state index contributed by atoms with van der Waals surface area (Å²) in [5.41, 5.74) is 2.48. The van der Waals surface area contributed by atoms with E-state index in [9.17, 15) is 4.39 Å². The number of aryl methyl sites for hydroxylation is 1. The average molecular weight is 263 g/mol. The van der Waals surface area contributed by atoms with Crippen LogP contribution >= 0.6 is 0 Å². The average Bonchev–Trinajstić information content (AvgIpc) is 2.35. The highest BCUT2D eigenvalue weighted by molar-refractivity contribution is 5.28. The van der Waals surface area contributed by atoms with Gasteiger partial charge in [0.25, 0.3) is 0 Å². The Labute approximate surface area is 116 Å². The molecule has 0 saturated heterocycles. The maximum Gasteiger partial charge on any atom is 0.126 e. The fourth-order valence-electron chi connectivity index (χ4n) is 3.44. The summed E-state index contributed by atoms with van der Waals surface area (Å²) in [7, 11) is 2.02. The SMILES string of the molecule is CNCC1CCC(C)(C)CC1c1ccc(F)c(C)c1. The van der Waals surface area contributed by atoms with E-state index in [0.717, 1.165) is 12.1 Å². The van der Waals surface area contributed by atoms with Gasteiger partial charge in [0.15, 0.2) is 0 Å². The van der Waals surface area contributed by atoms with Crippen LogP contribution in [0.25, 0.3) is 0 Å². The molecule has 1 N–H and O–H groups in total. The number of hydrogen-bond donors (Lipinski definition) is 1. The standard InChI is InChI=1S/C17H26FN/c1-12-9-13(5-6-16(12)18)15-10-17(2,3)8-7-14(15)11-19-4/h5-6,9,14-15,19H,7-8,10-11H2,1-4H3. The van der Waals surface area contributed by atoms with Crippen molar-refractivity contribution in [3.8, 4) is 0 Å². The second kappa shape index (κ2) is 5.62. The van der Waals surface area contributed by atoms with Crippen molar-refractivity contribution in [2.24, 2.45) is 11.3 Å². The first-order chi connectivity index (χ1) is 8.93. The van der Waals surface area contributed by atoms with Gasteiger partial charge in [-0.25, -0.2) is 4.39 Å². The van der Waals surface area contributed by atoms with Crippen LogP contribution in [0.4, 0.5) is 4.39 Å². The monoisotopic (exact) mass is 263 g/mol. The summed E-state index contributed by atoms with van der Waals surface area (Å²) in [5, 5.41) is 3.32. The van der Waals surface area contributed by atoms with Crippen LogP contribution in [0.5, 0.6) is 0 Å². The van der Waals surface area contributed by atoms with Crippen LogP contribution in [-0.2, 0) is 0 Å². The van der Waals surface area contributed by atoms with Crippen LogP contribution in [0.3, 0.4) is 0 Å². The molecule has 0 spiro atoms. The van der Waals surface area contributed by atoms with Crippen LogP contribution in [-0.4, -0.2) is 13.6 Å². The third kappa shape index (κ3) is 3.36. The molecule has 0 bridgehead atoms. The van der Waals surface area contributed by atoms with E-state index in [1.807, 2.05) is 26.1 Å². The van der Waals surface area contributed by atoms with Gasteiger partial charge in [-0.3, -0.25) is 0 Å². The molecule has 0 amide bonds. The fraction of sp³-hybridized carbons (Fsp3) is 0.647. The lowest BCUT2D eigenvalue weighted by atomic mass is 9.65. The summed E-state index contributed by atoms with van der Waals surface area (Å²) in [6.07, 6.45) is 3.75. The molecule has 1 aromatic rings. The first-order valence-corrected chi connectivity index (χ1v) is 7.33. The Balaban J connectivity index is 2.27. The summed E-state index contributed by atoms with van der Waals surface area (Å²) in [6, 6.07) is 5.66. The molecule has 2 heteroatoms. The van der Waals surface area contributed by atoms with E-state index < -0.39 is 0 Å². The van der Waals surface area contributed by atoms with E-state index in [-0.39, 0.29) is 5.82 Å². The van der Waals surface area contributed by atoms with Crippen molar-refractivity contribution in [1.29, 1.82) is 0 Å². The molecule has 106 valence electrons. The molecule has 1 aromatic carbocycles. The molecule has 2 rings (SSSR count). The van der Waals surface area contributed by atoms with Gasteiger partial charge in [0.05, 0.1) is 0 Å². The zero-order chi connectivity index (χ0) is 14.0. The highest BCUT2D eigenvalue weighted by Gasteiger charge is 2.35. The molecule has 1 fully saturated rings. The van der Waals surface area contributed by atoms with E-state index in [0.29, 0.717) is 17.3 Å². The van der Waals surface area contributed by atoms with E-state index >= 15 is 0 Å². The maximum atomic E-state index is 13.5. The smallest absolute Gasteiger partial charge is 0.126 e. The van der Waals surface area contributed by atoms with E-state index in [1.165, 1.54) is 24.8 Å². The van der Waals surface area contributed by atoms with Gasteiger partial charge in [-0.1, -0.05) is 26.0 Å². The first-order valence-electron chi connectivity index (χ1n) is 7.33. The molecular formula is C17H26FN. The van der Waals surface area contributed by atoms with Gasteiger partial charge < -0.3 is 5.32 Å². The van der Waals surface area contributed by atoms with Crippen molar-refractivity contribution in [3.63, 3.8) is 0 Å². The van der Waals surface area contributed by atoms with Gasteiger partial charge in [-0.2, -0.15) is 0 Å². The van der Waals surface area contributed by atoms with Crippen LogP contribution < -0.4 is 5.32 Å². The van der Waals surface area contributed by atoms with Crippen molar-refractivity contribution in [2.45, 2.75) is 46.0 Å². The predicted octanol–water partition coefficient (Wildman–Crippen LogP) is 4.26. The largest absolute Gasteiger partial charge is 0.319 e. The van der Waals surface area contributed by atoms with Crippen molar-refractivity contribution in [1.82, 2.24) is 5.32 Å². The summed E-state index contributed by atoms with van der Waals surface area (Å²) in [5.74, 6) is 1.13. The molecule has 2 atom stereocenters. The number of benzene rings is 1.